The second kappa shape index (κ2) is 5.74. The molecule has 0 unspecified atom stereocenters. The first-order chi connectivity index (χ1) is 10.1. The van der Waals surface area contributed by atoms with Crippen LogP contribution < -0.4 is 0 Å². The van der Waals surface area contributed by atoms with Crippen molar-refractivity contribution < 1.29 is 4.42 Å². The molecule has 112 valence electrons. The van der Waals surface area contributed by atoms with Crippen LogP contribution in [0.25, 0.3) is 0 Å². The monoisotopic (exact) mass is 304 g/mol. The molecule has 0 bridgehead atoms. The highest BCUT2D eigenvalue weighted by Gasteiger charge is 2.31. The average Bonchev–Trinajstić information content (AvgIpc) is 3.06. The highest BCUT2D eigenvalue weighted by atomic mass is 32.2. The Hall–Kier alpha value is -1.45. The minimum Gasteiger partial charge on any atom is -0.449 e. The fraction of sp³-hybridized carbons (Fsp3) is 0.600. The first kappa shape index (κ1) is 14.5. The second-order valence-electron chi connectivity index (χ2n) is 6.10. The van der Waals surface area contributed by atoms with Gasteiger partial charge in [0, 0.05) is 30.9 Å². The number of furan rings is 1. The van der Waals surface area contributed by atoms with E-state index in [-0.39, 0.29) is 4.75 Å². The fourth-order valence-corrected chi connectivity index (χ4v) is 3.64. The van der Waals surface area contributed by atoms with Gasteiger partial charge >= 0.3 is 0 Å². The van der Waals surface area contributed by atoms with Crippen molar-refractivity contribution in [2.75, 3.05) is 32.7 Å². The van der Waals surface area contributed by atoms with Crippen molar-refractivity contribution in [3.8, 4) is 6.07 Å². The van der Waals surface area contributed by atoms with Crippen LogP contribution in [0.4, 0.5) is 0 Å². The van der Waals surface area contributed by atoms with Gasteiger partial charge in [-0.15, -0.1) is 0 Å². The summed E-state index contributed by atoms with van der Waals surface area (Å²) in [6.45, 7) is 10.2. The summed E-state index contributed by atoms with van der Waals surface area (Å²) in [4.78, 5) is 9.42. The number of thioether (sulfide) groups is 1. The Morgan fingerprint density at radius 2 is 2.10 bits per heavy atom. The molecule has 5 nitrogen and oxygen atoms in total. The van der Waals surface area contributed by atoms with Gasteiger partial charge < -0.3 is 9.32 Å². The van der Waals surface area contributed by atoms with Gasteiger partial charge in [0.1, 0.15) is 11.8 Å². The number of amidine groups is 1. The maximum absolute atomic E-state index is 8.78. The van der Waals surface area contributed by atoms with Gasteiger partial charge in [-0.1, -0.05) is 11.8 Å². The van der Waals surface area contributed by atoms with E-state index in [2.05, 4.69) is 28.6 Å². The van der Waals surface area contributed by atoms with Gasteiger partial charge in [0.05, 0.1) is 13.1 Å². The lowest BCUT2D eigenvalue weighted by atomic mass is 10.2. The van der Waals surface area contributed by atoms with Gasteiger partial charge in [-0.25, -0.2) is 0 Å². The molecule has 0 spiro atoms. The van der Waals surface area contributed by atoms with Crippen LogP contribution in [0.1, 0.15) is 25.4 Å². The number of piperazine rings is 1. The first-order valence-corrected chi connectivity index (χ1v) is 8.07. The van der Waals surface area contributed by atoms with Crippen LogP contribution in [0.15, 0.2) is 21.5 Å². The first-order valence-electron chi connectivity index (χ1n) is 7.25. The molecule has 1 aromatic heterocycles. The van der Waals surface area contributed by atoms with Crippen molar-refractivity contribution in [3.63, 3.8) is 0 Å². The maximum Gasteiger partial charge on any atom is 0.203 e. The van der Waals surface area contributed by atoms with E-state index >= 15 is 0 Å². The molecular formula is C15H20N4OS. The molecule has 0 aliphatic carbocycles. The summed E-state index contributed by atoms with van der Waals surface area (Å²) in [7, 11) is 0. The predicted octanol–water partition coefficient (Wildman–Crippen LogP) is 2.15. The fourth-order valence-electron chi connectivity index (χ4n) is 2.57. The zero-order valence-electron chi connectivity index (χ0n) is 12.5. The van der Waals surface area contributed by atoms with Gasteiger partial charge in [0.2, 0.25) is 5.76 Å². The SMILES string of the molecule is CC1(C)CN=C(N2CCN(Cc3ccc(C#N)o3)CC2)S1. The summed E-state index contributed by atoms with van der Waals surface area (Å²) >= 11 is 1.89. The van der Waals surface area contributed by atoms with Crippen LogP contribution >= 0.6 is 11.8 Å². The summed E-state index contributed by atoms with van der Waals surface area (Å²) in [5.41, 5.74) is 0. The smallest absolute Gasteiger partial charge is 0.203 e. The van der Waals surface area contributed by atoms with Gasteiger partial charge in [-0.2, -0.15) is 5.26 Å². The third-order valence-electron chi connectivity index (χ3n) is 3.76. The molecule has 0 radical (unpaired) electrons. The van der Waals surface area contributed by atoms with Crippen molar-refractivity contribution in [1.82, 2.24) is 9.80 Å². The van der Waals surface area contributed by atoms with E-state index in [0.717, 1.165) is 45.0 Å². The number of rotatable bonds is 2. The summed E-state index contributed by atoms with van der Waals surface area (Å²) in [5.74, 6) is 1.26. The molecule has 0 N–H and O–H groups in total. The lowest BCUT2D eigenvalue weighted by Crippen LogP contribution is -2.47. The lowest BCUT2D eigenvalue weighted by Gasteiger charge is -2.35. The van der Waals surface area contributed by atoms with Crippen LogP contribution in [0.3, 0.4) is 0 Å². The molecule has 0 amide bonds. The Balaban J connectivity index is 1.50. The Bertz CT molecular complexity index is 579. The number of hydrogen-bond acceptors (Lipinski definition) is 6. The van der Waals surface area contributed by atoms with Crippen molar-refractivity contribution in [1.29, 1.82) is 5.26 Å². The maximum atomic E-state index is 8.78. The molecule has 21 heavy (non-hydrogen) atoms. The van der Waals surface area contributed by atoms with Gasteiger partial charge in [-0.05, 0) is 26.0 Å². The number of aliphatic imine (C=N–C) groups is 1. The summed E-state index contributed by atoms with van der Waals surface area (Å²) in [6, 6.07) is 5.65. The standard InChI is InChI=1S/C15H20N4OS/c1-15(2)11-17-14(21-15)19-7-5-18(6-8-19)10-13-4-3-12(9-16)20-13/h3-4H,5-8,10-11H2,1-2H3. The normalized spacial score (nSPS) is 22.1. The molecule has 2 aliphatic rings. The average molecular weight is 304 g/mol. The molecule has 3 heterocycles. The summed E-state index contributed by atoms with van der Waals surface area (Å²) in [6.07, 6.45) is 0. The number of hydrogen-bond donors (Lipinski definition) is 0. The lowest BCUT2D eigenvalue weighted by molar-refractivity contribution is 0.167. The second-order valence-corrected chi connectivity index (χ2v) is 7.78. The quantitative estimate of drug-likeness (QED) is 0.838. The van der Waals surface area contributed by atoms with Crippen LogP contribution in [-0.4, -0.2) is 52.4 Å². The molecular weight excluding hydrogens is 284 g/mol. The van der Waals surface area contributed by atoms with E-state index in [4.69, 9.17) is 9.68 Å². The van der Waals surface area contributed by atoms with Crippen molar-refractivity contribution in [2.45, 2.75) is 25.1 Å². The molecule has 0 atom stereocenters. The molecule has 1 fully saturated rings. The van der Waals surface area contributed by atoms with E-state index < -0.39 is 0 Å². The Kier molecular flexibility index (Phi) is 3.96. The minimum atomic E-state index is 0.244. The predicted molar refractivity (Wildman–Crippen MR) is 84.2 cm³/mol. The highest BCUT2D eigenvalue weighted by Crippen LogP contribution is 2.33. The van der Waals surface area contributed by atoms with Crippen LogP contribution in [0, 0.1) is 11.3 Å². The summed E-state index contributed by atoms with van der Waals surface area (Å²) < 4.78 is 5.69. The van der Waals surface area contributed by atoms with E-state index in [0.29, 0.717) is 5.76 Å². The number of nitrogens with zero attached hydrogens (tertiary/aromatic N) is 4. The minimum absolute atomic E-state index is 0.244. The topological polar surface area (TPSA) is 55.8 Å². The molecule has 6 heteroatoms. The van der Waals surface area contributed by atoms with E-state index in [1.54, 1.807) is 6.07 Å². The highest BCUT2D eigenvalue weighted by molar-refractivity contribution is 8.15. The van der Waals surface area contributed by atoms with Crippen molar-refractivity contribution in [2.24, 2.45) is 4.99 Å². The molecule has 0 saturated carbocycles. The van der Waals surface area contributed by atoms with Gasteiger partial charge in [-0.3, -0.25) is 9.89 Å². The Morgan fingerprint density at radius 1 is 1.33 bits per heavy atom. The van der Waals surface area contributed by atoms with E-state index in [1.807, 2.05) is 23.9 Å². The van der Waals surface area contributed by atoms with E-state index in [9.17, 15) is 0 Å². The molecule has 2 aliphatic heterocycles. The third kappa shape index (κ3) is 3.42. The molecule has 3 rings (SSSR count). The Labute approximate surface area is 129 Å². The zero-order chi connectivity index (χ0) is 14.9. The Morgan fingerprint density at radius 3 is 2.67 bits per heavy atom. The van der Waals surface area contributed by atoms with Crippen molar-refractivity contribution in [3.05, 3.63) is 23.7 Å². The molecule has 1 aromatic rings. The zero-order valence-corrected chi connectivity index (χ0v) is 13.3. The molecule has 0 aromatic carbocycles. The van der Waals surface area contributed by atoms with Crippen molar-refractivity contribution >= 4 is 16.9 Å². The molecule has 1 saturated heterocycles. The van der Waals surface area contributed by atoms with Crippen LogP contribution in [0.2, 0.25) is 0 Å². The largest absolute Gasteiger partial charge is 0.449 e. The number of nitriles is 1. The van der Waals surface area contributed by atoms with Crippen LogP contribution in [0.5, 0.6) is 0 Å². The third-order valence-corrected chi connectivity index (χ3v) is 5.01. The van der Waals surface area contributed by atoms with Crippen LogP contribution in [-0.2, 0) is 6.54 Å². The summed E-state index contributed by atoms with van der Waals surface area (Å²) in [5, 5.41) is 9.97. The van der Waals surface area contributed by atoms with E-state index in [1.165, 1.54) is 5.17 Å². The van der Waals surface area contributed by atoms with Gasteiger partial charge in [0.25, 0.3) is 0 Å². The van der Waals surface area contributed by atoms with Gasteiger partial charge in [0.15, 0.2) is 5.17 Å².